The zero-order chi connectivity index (χ0) is 15.9. The third-order valence-electron chi connectivity index (χ3n) is 4.23. The smallest absolute Gasteiger partial charge is 0.255 e. The zero-order valence-electron chi connectivity index (χ0n) is 14.0. The Balaban J connectivity index is 1.73. The third-order valence-corrected chi connectivity index (χ3v) is 4.23. The third kappa shape index (κ3) is 4.73. The molecule has 0 bridgehead atoms. The standard InChI is InChI=1S/C18H28N2O2/c1-14-11-15(2)13-20(12-14)10-6-9-19-18(21)16-7-4-5-8-17(16)22-3/h4-5,7-8,14-15H,6,9-13H2,1-3H3,(H,19,21). The van der Waals surface area contributed by atoms with Crippen molar-refractivity contribution >= 4 is 5.91 Å². The summed E-state index contributed by atoms with van der Waals surface area (Å²) in [6.07, 6.45) is 2.32. The van der Waals surface area contributed by atoms with E-state index in [1.807, 2.05) is 18.2 Å². The molecule has 1 amide bonds. The van der Waals surface area contributed by atoms with Crippen LogP contribution in [0.1, 0.15) is 37.0 Å². The number of para-hydroxylation sites is 1. The lowest BCUT2D eigenvalue weighted by Gasteiger charge is -2.34. The molecule has 2 unspecified atom stereocenters. The molecule has 1 aromatic rings. The van der Waals surface area contributed by atoms with E-state index in [1.165, 1.54) is 19.5 Å². The van der Waals surface area contributed by atoms with Gasteiger partial charge in [0.05, 0.1) is 12.7 Å². The molecule has 122 valence electrons. The lowest BCUT2D eigenvalue weighted by Crippen LogP contribution is -2.40. The molecule has 2 rings (SSSR count). The molecule has 0 saturated carbocycles. The Hall–Kier alpha value is -1.55. The van der Waals surface area contributed by atoms with Gasteiger partial charge >= 0.3 is 0 Å². The summed E-state index contributed by atoms with van der Waals surface area (Å²) in [5, 5.41) is 2.99. The van der Waals surface area contributed by atoms with E-state index >= 15 is 0 Å². The number of rotatable bonds is 6. The number of ether oxygens (including phenoxy) is 1. The van der Waals surface area contributed by atoms with Crippen molar-refractivity contribution < 1.29 is 9.53 Å². The molecule has 0 spiro atoms. The minimum absolute atomic E-state index is 0.0576. The Morgan fingerprint density at radius 2 is 1.95 bits per heavy atom. The van der Waals surface area contributed by atoms with Gasteiger partial charge in [0.15, 0.2) is 0 Å². The van der Waals surface area contributed by atoms with Gasteiger partial charge in [-0.1, -0.05) is 26.0 Å². The molecule has 1 fully saturated rings. The number of carbonyl (C=O) groups is 1. The molecule has 0 aromatic heterocycles. The van der Waals surface area contributed by atoms with Gasteiger partial charge in [-0.15, -0.1) is 0 Å². The fourth-order valence-corrected chi connectivity index (χ4v) is 3.41. The minimum atomic E-state index is -0.0576. The number of hydrogen-bond acceptors (Lipinski definition) is 3. The number of piperidine rings is 1. The van der Waals surface area contributed by atoms with Crippen LogP contribution in [0.2, 0.25) is 0 Å². The van der Waals surface area contributed by atoms with Crippen molar-refractivity contribution in [1.82, 2.24) is 10.2 Å². The number of likely N-dealkylation sites (tertiary alicyclic amines) is 1. The van der Waals surface area contributed by atoms with Crippen molar-refractivity contribution in [2.45, 2.75) is 26.7 Å². The topological polar surface area (TPSA) is 41.6 Å². The number of nitrogens with zero attached hydrogens (tertiary/aromatic N) is 1. The summed E-state index contributed by atoms with van der Waals surface area (Å²) >= 11 is 0. The second-order valence-corrected chi connectivity index (χ2v) is 6.52. The number of benzene rings is 1. The quantitative estimate of drug-likeness (QED) is 0.822. The van der Waals surface area contributed by atoms with E-state index in [-0.39, 0.29) is 5.91 Å². The molecule has 0 aliphatic carbocycles. The van der Waals surface area contributed by atoms with E-state index in [9.17, 15) is 4.79 Å². The molecule has 1 aliphatic rings. The van der Waals surface area contributed by atoms with Crippen molar-refractivity contribution in [3.63, 3.8) is 0 Å². The van der Waals surface area contributed by atoms with Gasteiger partial charge in [0, 0.05) is 19.6 Å². The van der Waals surface area contributed by atoms with Gasteiger partial charge < -0.3 is 15.0 Å². The second kappa shape index (κ2) is 8.18. The summed E-state index contributed by atoms with van der Waals surface area (Å²) in [5.74, 6) is 2.13. The van der Waals surface area contributed by atoms with Gasteiger partial charge in [-0.3, -0.25) is 4.79 Å². The average molecular weight is 304 g/mol. The zero-order valence-corrected chi connectivity index (χ0v) is 14.0. The molecule has 1 aromatic carbocycles. The first-order chi connectivity index (χ1) is 10.6. The van der Waals surface area contributed by atoms with Gasteiger partial charge in [-0.05, 0) is 43.4 Å². The fourth-order valence-electron chi connectivity index (χ4n) is 3.41. The first-order valence-corrected chi connectivity index (χ1v) is 8.23. The van der Waals surface area contributed by atoms with E-state index in [1.54, 1.807) is 13.2 Å². The monoisotopic (exact) mass is 304 g/mol. The number of hydrogen-bond donors (Lipinski definition) is 1. The summed E-state index contributed by atoms with van der Waals surface area (Å²) < 4.78 is 5.22. The molecule has 4 nitrogen and oxygen atoms in total. The largest absolute Gasteiger partial charge is 0.496 e. The Bertz CT molecular complexity index is 480. The highest BCUT2D eigenvalue weighted by atomic mass is 16.5. The Labute approximate surface area is 133 Å². The normalized spacial score (nSPS) is 22.3. The van der Waals surface area contributed by atoms with Crippen molar-refractivity contribution in [1.29, 1.82) is 0 Å². The summed E-state index contributed by atoms with van der Waals surface area (Å²) in [4.78, 5) is 14.7. The van der Waals surface area contributed by atoms with Crippen molar-refractivity contribution in [2.75, 3.05) is 33.3 Å². The first kappa shape index (κ1) is 16.8. The number of carbonyl (C=O) groups excluding carboxylic acids is 1. The highest BCUT2D eigenvalue weighted by Crippen LogP contribution is 2.21. The molecule has 0 radical (unpaired) electrons. The van der Waals surface area contributed by atoms with Crippen LogP contribution in [-0.4, -0.2) is 44.1 Å². The van der Waals surface area contributed by atoms with Gasteiger partial charge in [-0.2, -0.15) is 0 Å². The summed E-state index contributed by atoms with van der Waals surface area (Å²) in [6.45, 7) is 8.78. The van der Waals surface area contributed by atoms with Crippen LogP contribution in [0.15, 0.2) is 24.3 Å². The van der Waals surface area contributed by atoms with Crippen molar-refractivity contribution in [3.8, 4) is 5.75 Å². The van der Waals surface area contributed by atoms with Crippen LogP contribution in [0.5, 0.6) is 5.75 Å². The van der Waals surface area contributed by atoms with Crippen LogP contribution in [0.3, 0.4) is 0 Å². The number of nitrogens with one attached hydrogen (secondary N) is 1. The first-order valence-electron chi connectivity index (χ1n) is 8.23. The highest BCUT2D eigenvalue weighted by molar-refractivity contribution is 5.96. The fraction of sp³-hybridized carbons (Fsp3) is 0.611. The lowest BCUT2D eigenvalue weighted by atomic mass is 9.92. The van der Waals surface area contributed by atoms with E-state index < -0.39 is 0 Å². The molecule has 22 heavy (non-hydrogen) atoms. The minimum Gasteiger partial charge on any atom is -0.496 e. The summed E-state index contributed by atoms with van der Waals surface area (Å²) in [7, 11) is 1.59. The second-order valence-electron chi connectivity index (χ2n) is 6.52. The molecule has 2 atom stereocenters. The predicted molar refractivity (Wildman–Crippen MR) is 89.3 cm³/mol. The van der Waals surface area contributed by atoms with Crippen LogP contribution in [0.25, 0.3) is 0 Å². The molecule has 1 saturated heterocycles. The van der Waals surface area contributed by atoms with Gasteiger partial charge in [-0.25, -0.2) is 0 Å². The molecular formula is C18H28N2O2. The molecule has 1 aliphatic heterocycles. The van der Waals surface area contributed by atoms with E-state index in [2.05, 4.69) is 24.1 Å². The van der Waals surface area contributed by atoms with Gasteiger partial charge in [0.1, 0.15) is 5.75 Å². The Kier molecular flexibility index (Phi) is 6.25. The number of methoxy groups -OCH3 is 1. The van der Waals surface area contributed by atoms with E-state index in [4.69, 9.17) is 4.74 Å². The van der Waals surface area contributed by atoms with Crippen LogP contribution >= 0.6 is 0 Å². The van der Waals surface area contributed by atoms with Crippen LogP contribution in [0.4, 0.5) is 0 Å². The van der Waals surface area contributed by atoms with E-state index in [0.717, 1.165) is 24.8 Å². The SMILES string of the molecule is COc1ccccc1C(=O)NCCCN1CC(C)CC(C)C1. The maximum absolute atomic E-state index is 12.2. The highest BCUT2D eigenvalue weighted by Gasteiger charge is 2.21. The molecule has 1 N–H and O–H groups in total. The maximum atomic E-state index is 12.2. The van der Waals surface area contributed by atoms with Gasteiger partial charge in [0.2, 0.25) is 0 Å². The predicted octanol–water partition coefficient (Wildman–Crippen LogP) is 2.79. The van der Waals surface area contributed by atoms with Crippen LogP contribution in [-0.2, 0) is 0 Å². The average Bonchev–Trinajstić information content (AvgIpc) is 2.50. The van der Waals surface area contributed by atoms with E-state index in [0.29, 0.717) is 17.9 Å². The summed E-state index contributed by atoms with van der Waals surface area (Å²) in [6, 6.07) is 7.33. The Morgan fingerprint density at radius 1 is 1.27 bits per heavy atom. The van der Waals surface area contributed by atoms with Crippen molar-refractivity contribution in [2.24, 2.45) is 11.8 Å². The van der Waals surface area contributed by atoms with Crippen LogP contribution < -0.4 is 10.1 Å². The number of amides is 1. The lowest BCUT2D eigenvalue weighted by molar-refractivity contribution is 0.0944. The molecule has 1 heterocycles. The van der Waals surface area contributed by atoms with Crippen molar-refractivity contribution in [3.05, 3.63) is 29.8 Å². The summed E-state index contributed by atoms with van der Waals surface area (Å²) in [5.41, 5.74) is 0.602. The molecule has 4 heteroatoms. The van der Waals surface area contributed by atoms with Crippen LogP contribution in [0, 0.1) is 11.8 Å². The maximum Gasteiger partial charge on any atom is 0.255 e. The molecular weight excluding hydrogens is 276 g/mol. The van der Waals surface area contributed by atoms with Gasteiger partial charge in [0.25, 0.3) is 5.91 Å². The Morgan fingerprint density at radius 3 is 2.64 bits per heavy atom.